The Morgan fingerprint density at radius 3 is 2.54 bits per heavy atom. The second kappa shape index (κ2) is 7.58. The number of nitrogens with zero attached hydrogens (tertiary/aromatic N) is 2. The maximum Gasteiger partial charge on any atom is 0.261 e. The van der Waals surface area contributed by atoms with Gasteiger partial charge < -0.3 is 9.84 Å². The lowest BCUT2D eigenvalue weighted by molar-refractivity contribution is 0.102. The number of hydrogen-bond donors (Lipinski definition) is 1. The molecule has 4 aromatic rings. The number of thiazole rings is 1. The van der Waals surface area contributed by atoms with Gasteiger partial charge in [0.05, 0.1) is 15.7 Å². The molecule has 0 spiro atoms. The fraction of sp³-hybridized carbons (Fsp3) is 0.0952. The quantitative estimate of drug-likeness (QED) is 0.449. The summed E-state index contributed by atoms with van der Waals surface area (Å²) >= 11 is 7.87. The van der Waals surface area contributed by atoms with Gasteiger partial charge in [-0.15, -0.1) is 11.3 Å². The molecule has 2 aromatic heterocycles. The first-order valence-electron chi connectivity index (χ1n) is 8.58. The van der Waals surface area contributed by atoms with Crippen LogP contribution in [0.5, 0.6) is 0 Å². The summed E-state index contributed by atoms with van der Waals surface area (Å²) < 4.78 is 5.27. The molecule has 0 radical (unpaired) electrons. The van der Waals surface area contributed by atoms with Gasteiger partial charge in [-0.2, -0.15) is 0 Å². The Bertz CT molecular complexity index is 1150. The molecule has 140 valence electrons. The van der Waals surface area contributed by atoms with Crippen LogP contribution in [0.25, 0.3) is 22.5 Å². The molecule has 0 unspecified atom stereocenters. The number of anilines is 1. The van der Waals surface area contributed by atoms with E-state index in [0.29, 0.717) is 33.3 Å². The normalized spacial score (nSPS) is 10.8. The van der Waals surface area contributed by atoms with Gasteiger partial charge in [-0.1, -0.05) is 47.1 Å². The van der Waals surface area contributed by atoms with E-state index in [9.17, 15) is 4.79 Å². The molecule has 4 rings (SSSR count). The van der Waals surface area contributed by atoms with E-state index in [1.54, 1.807) is 30.4 Å². The van der Waals surface area contributed by atoms with E-state index in [0.717, 1.165) is 16.3 Å². The lowest BCUT2D eigenvalue weighted by Gasteiger charge is -2.07. The molecular weight excluding hydrogens is 394 g/mol. The first kappa shape index (κ1) is 18.4. The number of nitrogens with one attached hydrogen (secondary N) is 1. The second-order valence-electron chi connectivity index (χ2n) is 6.23. The van der Waals surface area contributed by atoms with Crippen LogP contribution in [-0.4, -0.2) is 16.0 Å². The fourth-order valence-corrected chi connectivity index (χ4v) is 3.74. The fourth-order valence-electron chi connectivity index (χ4n) is 2.89. The SMILES string of the molecule is Cc1nc(-c2ccc(NC(=O)c3c(-c4ccccc4Cl)noc3C)cc2)cs1. The Balaban J connectivity index is 1.59. The average molecular weight is 410 g/mol. The molecule has 2 heterocycles. The largest absolute Gasteiger partial charge is 0.360 e. The monoisotopic (exact) mass is 409 g/mol. The van der Waals surface area contributed by atoms with Gasteiger partial charge in [0, 0.05) is 22.2 Å². The van der Waals surface area contributed by atoms with E-state index in [2.05, 4.69) is 15.5 Å². The summed E-state index contributed by atoms with van der Waals surface area (Å²) in [6.45, 7) is 3.68. The lowest BCUT2D eigenvalue weighted by atomic mass is 10.1. The number of aromatic nitrogens is 2. The van der Waals surface area contributed by atoms with Crippen LogP contribution in [0, 0.1) is 13.8 Å². The Labute approximate surface area is 171 Å². The summed E-state index contributed by atoms with van der Waals surface area (Å²) in [7, 11) is 0. The highest BCUT2D eigenvalue weighted by Gasteiger charge is 2.23. The van der Waals surface area contributed by atoms with Gasteiger partial charge in [0.25, 0.3) is 5.91 Å². The molecule has 1 N–H and O–H groups in total. The number of hydrogen-bond acceptors (Lipinski definition) is 5. The zero-order valence-corrected chi connectivity index (χ0v) is 16.8. The highest BCUT2D eigenvalue weighted by atomic mass is 35.5. The van der Waals surface area contributed by atoms with Gasteiger partial charge in [0.15, 0.2) is 0 Å². The third-order valence-electron chi connectivity index (χ3n) is 4.28. The Morgan fingerprint density at radius 2 is 1.86 bits per heavy atom. The van der Waals surface area contributed by atoms with Gasteiger partial charge in [-0.3, -0.25) is 4.79 Å². The van der Waals surface area contributed by atoms with Gasteiger partial charge in [0.2, 0.25) is 0 Å². The maximum absolute atomic E-state index is 12.9. The average Bonchev–Trinajstić information content (AvgIpc) is 3.28. The topological polar surface area (TPSA) is 68.0 Å². The molecular formula is C21H16ClN3O2S. The van der Waals surface area contributed by atoms with Gasteiger partial charge >= 0.3 is 0 Å². The summed E-state index contributed by atoms with van der Waals surface area (Å²) in [4.78, 5) is 17.4. The Morgan fingerprint density at radius 1 is 1.11 bits per heavy atom. The summed E-state index contributed by atoms with van der Waals surface area (Å²) in [5.41, 5.74) is 4.05. The molecule has 28 heavy (non-hydrogen) atoms. The van der Waals surface area contributed by atoms with E-state index in [1.165, 1.54) is 0 Å². The molecule has 1 amide bonds. The van der Waals surface area contributed by atoms with Crippen molar-refractivity contribution in [2.24, 2.45) is 0 Å². The van der Waals surface area contributed by atoms with E-state index in [-0.39, 0.29) is 5.91 Å². The lowest BCUT2D eigenvalue weighted by Crippen LogP contribution is -2.13. The van der Waals surface area contributed by atoms with E-state index in [4.69, 9.17) is 16.1 Å². The van der Waals surface area contributed by atoms with Crippen molar-refractivity contribution in [1.29, 1.82) is 0 Å². The highest BCUT2D eigenvalue weighted by molar-refractivity contribution is 7.09. The van der Waals surface area contributed by atoms with Crippen molar-refractivity contribution in [2.75, 3.05) is 5.32 Å². The zero-order valence-electron chi connectivity index (χ0n) is 15.2. The number of carbonyl (C=O) groups is 1. The number of halogens is 1. The van der Waals surface area contributed by atoms with Crippen LogP contribution in [0.15, 0.2) is 58.4 Å². The summed E-state index contributed by atoms with van der Waals surface area (Å²) in [5.74, 6) is 0.132. The van der Waals surface area contributed by atoms with Gasteiger partial charge in [-0.25, -0.2) is 4.98 Å². The number of amides is 1. The number of carbonyl (C=O) groups excluding carboxylic acids is 1. The van der Waals surface area contributed by atoms with E-state index < -0.39 is 0 Å². The van der Waals surface area contributed by atoms with E-state index >= 15 is 0 Å². The first-order valence-corrected chi connectivity index (χ1v) is 9.84. The molecule has 7 heteroatoms. The van der Waals surface area contributed by atoms with Crippen LogP contribution in [0.1, 0.15) is 21.1 Å². The van der Waals surface area contributed by atoms with Crippen LogP contribution in [0.4, 0.5) is 5.69 Å². The molecule has 0 atom stereocenters. The van der Waals surface area contributed by atoms with Crippen LogP contribution < -0.4 is 5.32 Å². The van der Waals surface area contributed by atoms with Crippen molar-refractivity contribution in [3.8, 4) is 22.5 Å². The Hall–Kier alpha value is -2.96. The second-order valence-corrected chi connectivity index (χ2v) is 7.69. The summed E-state index contributed by atoms with van der Waals surface area (Å²) in [6.07, 6.45) is 0. The van der Waals surface area contributed by atoms with Gasteiger partial charge in [0.1, 0.15) is 17.0 Å². The standard InChI is InChI=1S/C21H16ClN3O2S/c1-12-19(20(25-27-12)16-5-3-4-6-17(16)22)21(26)24-15-9-7-14(8-10-15)18-11-28-13(2)23-18/h3-11H,1-2H3,(H,24,26). The summed E-state index contributed by atoms with van der Waals surface area (Å²) in [6, 6.07) is 14.8. The number of aryl methyl sites for hydroxylation is 2. The molecule has 0 aliphatic carbocycles. The maximum atomic E-state index is 12.9. The minimum Gasteiger partial charge on any atom is -0.360 e. The van der Waals surface area contributed by atoms with Crippen LogP contribution in [-0.2, 0) is 0 Å². The minimum atomic E-state index is -0.300. The van der Waals surface area contributed by atoms with Crippen molar-refractivity contribution in [2.45, 2.75) is 13.8 Å². The molecule has 0 fully saturated rings. The third kappa shape index (κ3) is 3.56. The first-order chi connectivity index (χ1) is 13.5. The Kier molecular flexibility index (Phi) is 4.98. The van der Waals surface area contributed by atoms with Crippen molar-refractivity contribution in [3.05, 3.63) is 75.3 Å². The highest BCUT2D eigenvalue weighted by Crippen LogP contribution is 2.31. The molecule has 0 aliphatic rings. The van der Waals surface area contributed by atoms with Crippen molar-refractivity contribution >= 4 is 34.5 Å². The molecule has 0 aliphatic heterocycles. The van der Waals surface area contributed by atoms with Crippen molar-refractivity contribution < 1.29 is 9.32 Å². The summed E-state index contributed by atoms with van der Waals surface area (Å²) in [5, 5.41) is 10.5. The third-order valence-corrected chi connectivity index (χ3v) is 5.38. The number of rotatable bonds is 4. The van der Waals surface area contributed by atoms with Crippen molar-refractivity contribution in [3.63, 3.8) is 0 Å². The molecule has 0 bridgehead atoms. The van der Waals surface area contributed by atoms with Crippen LogP contribution in [0.2, 0.25) is 5.02 Å². The van der Waals surface area contributed by atoms with Crippen LogP contribution in [0.3, 0.4) is 0 Å². The molecule has 0 saturated heterocycles. The molecule has 0 saturated carbocycles. The zero-order chi connectivity index (χ0) is 19.7. The minimum absolute atomic E-state index is 0.300. The van der Waals surface area contributed by atoms with Crippen LogP contribution >= 0.6 is 22.9 Å². The van der Waals surface area contributed by atoms with Gasteiger partial charge in [-0.05, 0) is 32.0 Å². The van der Waals surface area contributed by atoms with Crippen molar-refractivity contribution in [1.82, 2.24) is 10.1 Å². The number of benzene rings is 2. The van der Waals surface area contributed by atoms with E-state index in [1.807, 2.05) is 48.7 Å². The predicted molar refractivity (Wildman–Crippen MR) is 112 cm³/mol. The molecule has 5 nitrogen and oxygen atoms in total. The predicted octanol–water partition coefficient (Wildman–Crippen LogP) is 5.99. The smallest absolute Gasteiger partial charge is 0.261 e. The molecule has 2 aromatic carbocycles.